The van der Waals surface area contributed by atoms with Crippen molar-refractivity contribution in [1.29, 1.82) is 0 Å². The first-order valence-electron chi connectivity index (χ1n) is 10.8. The van der Waals surface area contributed by atoms with Gasteiger partial charge >= 0.3 is 0 Å². The number of nitrogens with zero attached hydrogens (tertiary/aromatic N) is 2. The van der Waals surface area contributed by atoms with Crippen molar-refractivity contribution in [2.45, 2.75) is 6.61 Å². The summed E-state index contributed by atoms with van der Waals surface area (Å²) in [5.74, 6) is 1.74. The Kier molecular flexibility index (Phi) is 6.16. The normalized spacial score (nSPS) is 10.7. The second-order valence-electron chi connectivity index (χ2n) is 7.51. The van der Waals surface area contributed by atoms with E-state index in [0.29, 0.717) is 28.6 Å². The molecule has 0 aliphatic heterocycles. The van der Waals surface area contributed by atoms with Crippen molar-refractivity contribution in [3.63, 3.8) is 0 Å². The molecule has 0 aliphatic carbocycles. The highest BCUT2D eigenvalue weighted by molar-refractivity contribution is 5.95. The summed E-state index contributed by atoms with van der Waals surface area (Å²) in [4.78, 5) is 17.0. The van der Waals surface area contributed by atoms with E-state index in [2.05, 4.69) is 15.5 Å². The van der Waals surface area contributed by atoms with E-state index >= 15 is 0 Å². The number of anilines is 1. The van der Waals surface area contributed by atoms with Crippen molar-refractivity contribution in [3.05, 3.63) is 103 Å². The average Bonchev–Trinajstić information content (AvgIpc) is 3.36. The van der Waals surface area contributed by atoms with Crippen LogP contribution in [-0.2, 0) is 11.4 Å². The number of para-hydroxylation sites is 2. The molecular formula is C27H21N3O4. The highest BCUT2D eigenvalue weighted by Crippen LogP contribution is 2.27. The Balaban J connectivity index is 1.23. The maximum absolute atomic E-state index is 12.6. The fourth-order valence-electron chi connectivity index (χ4n) is 3.46. The molecule has 0 fully saturated rings. The molecule has 0 spiro atoms. The van der Waals surface area contributed by atoms with Gasteiger partial charge in [-0.3, -0.25) is 4.79 Å². The zero-order valence-corrected chi connectivity index (χ0v) is 18.2. The Labute approximate surface area is 196 Å². The summed E-state index contributed by atoms with van der Waals surface area (Å²) in [6.45, 7) is 0.0360. The summed E-state index contributed by atoms with van der Waals surface area (Å²) < 4.78 is 16.8. The van der Waals surface area contributed by atoms with Crippen LogP contribution in [0.15, 0.2) is 102 Å². The van der Waals surface area contributed by atoms with Gasteiger partial charge in [0.05, 0.1) is 11.3 Å². The molecule has 1 heterocycles. The van der Waals surface area contributed by atoms with Gasteiger partial charge in [0, 0.05) is 0 Å². The van der Waals surface area contributed by atoms with Crippen LogP contribution >= 0.6 is 0 Å². The summed E-state index contributed by atoms with van der Waals surface area (Å²) in [5.41, 5.74) is 1.16. The monoisotopic (exact) mass is 451 g/mol. The zero-order chi connectivity index (χ0) is 23.2. The summed E-state index contributed by atoms with van der Waals surface area (Å²) in [6, 6.07) is 30.3. The maximum atomic E-state index is 12.6. The van der Waals surface area contributed by atoms with Gasteiger partial charge < -0.3 is 19.3 Å². The molecule has 0 saturated carbocycles. The van der Waals surface area contributed by atoms with Crippen molar-refractivity contribution < 1.29 is 18.8 Å². The first kappa shape index (κ1) is 21.2. The third kappa shape index (κ3) is 5.05. The van der Waals surface area contributed by atoms with Gasteiger partial charge in [0.1, 0.15) is 11.5 Å². The van der Waals surface area contributed by atoms with Crippen molar-refractivity contribution in [2.75, 3.05) is 11.9 Å². The molecule has 4 aromatic carbocycles. The van der Waals surface area contributed by atoms with E-state index in [4.69, 9.17) is 14.0 Å². The molecule has 7 heteroatoms. The smallest absolute Gasteiger partial charge is 0.262 e. The van der Waals surface area contributed by atoms with E-state index in [1.807, 2.05) is 84.9 Å². The molecule has 0 saturated heterocycles. The van der Waals surface area contributed by atoms with Gasteiger partial charge in [-0.15, -0.1) is 0 Å². The highest BCUT2D eigenvalue weighted by Gasteiger charge is 2.15. The van der Waals surface area contributed by atoms with E-state index in [-0.39, 0.29) is 25.0 Å². The number of hydrogen-bond acceptors (Lipinski definition) is 6. The van der Waals surface area contributed by atoms with Gasteiger partial charge in [-0.2, -0.15) is 4.98 Å². The molecule has 0 aliphatic rings. The standard InChI is InChI=1S/C27H21N3O4/c31-26(18-33-22-15-14-19-8-4-5-9-20(19)16-22)28-24-13-7-6-12-23(24)27-29-25(30-34-27)17-32-21-10-2-1-3-11-21/h1-16H,17-18H2,(H,28,31). The van der Waals surface area contributed by atoms with Crippen molar-refractivity contribution in [1.82, 2.24) is 10.1 Å². The van der Waals surface area contributed by atoms with Crippen molar-refractivity contribution in [2.24, 2.45) is 0 Å². The number of carbonyl (C=O) groups excluding carboxylic acids is 1. The minimum absolute atomic E-state index is 0.132. The largest absolute Gasteiger partial charge is 0.485 e. The van der Waals surface area contributed by atoms with Crippen LogP contribution in [0.2, 0.25) is 0 Å². The summed E-state index contributed by atoms with van der Waals surface area (Å²) in [6.07, 6.45) is 0. The molecule has 34 heavy (non-hydrogen) atoms. The molecule has 5 rings (SSSR count). The lowest BCUT2D eigenvalue weighted by molar-refractivity contribution is -0.118. The highest BCUT2D eigenvalue weighted by atomic mass is 16.5. The van der Waals surface area contributed by atoms with Crippen LogP contribution in [0.4, 0.5) is 5.69 Å². The van der Waals surface area contributed by atoms with E-state index in [1.165, 1.54) is 0 Å². The number of rotatable bonds is 8. The fraction of sp³-hybridized carbons (Fsp3) is 0.0741. The third-order valence-corrected chi connectivity index (χ3v) is 5.10. The zero-order valence-electron chi connectivity index (χ0n) is 18.2. The second kappa shape index (κ2) is 9.87. The molecule has 0 unspecified atom stereocenters. The number of carbonyl (C=O) groups is 1. The van der Waals surface area contributed by atoms with E-state index in [1.54, 1.807) is 12.1 Å². The lowest BCUT2D eigenvalue weighted by Crippen LogP contribution is -2.20. The third-order valence-electron chi connectivity index (χ3n) is 5.10. The molecule has 0 atom stereocenters. The molecule has 5 aromatic rings. The topological polar surface area (TPSA) is 86.5 Å². The van der Waals surface area contributed by atoms with Crippen LogP contribution in [0.1, 0.15) is 5.82 Å². The van der Waals surface area contributed by atoms with E-state index in [9.17, 15) is 4.79 Å². The van der Waals surface area contributed by atoms with Crippen LogP contribution in [0.25, 0.3) is 22.2 Å². The number of amides is 1. The number of fused-ring (bicyclic) bond motifs is 1. The Morgan fingerprint density at radius 1 is 0.794 bits per heavy atom. The molecule has 1 N–H and O–H groups in total. The van der Waals surface area contributed by atoms with Crippen LogP contribution in [0.5, 0.6) is 11.5 Å². The summed E-state index contributed by atoms with van der Waals surface area (Å²) in [5, 5.41) is 9.00. The number of aromatic nitrogens is 2. The first-order chi connectivity index (χ1) is 16.7. The minimum atomic E-state index is -0.298. The number of hydrogen-bond donors (Lipinski definition) is 1. The molecule has 1 aromatic heterocycles. The van der Waals surface area contributed by atoms with Crippen molar-refractivity contribution in [3.8, 4) is 23.0 Å². The molecule has 0 bridgehead atoms. The lowest BCUT2D eigenvalue weighted by atomic mass is 10.1. The molecular weight excluding hydrogens is 430 g/mol. The quantitative estimate of drug-likeness (QED) is 0.336. The van der Waals surface area contributed by atoms with Gasteiger partial charge in [-0.05, 0) is 47.2 Å². The predicted molar refractivity (Wildman–Crippen MR) is 129 cm³/mol. The summed E-state index contributed by atoms with van der Waals surface area (Å²) in [7, 11) is 0. The van der Waals surface area contributed by atoms with Crippen LogP contribution in [0.3, 0.4) is 0 Å². The Hall–Kier alpha value is -4.65. The SMILES string of the molecule is O=C(COc1ccc2ccccc2c1)Nc1ccccc1-c1nc(COc2ccccc2)no1. The van der Waals surface area contributed by atoms with Crippen LogP contribution < -0.4 is 14.8 Å². The molecule has 1 amide bonds. The van der Waals surface area contributed by atoms with Gasteiger partial charge in [-0.1, -0.05) is 65.8 Å². The lowest BCUT2D eigenvalue weighted by Gasteiger charge is -2.10. The number of benzene rings is 4. The molecule has 0 radical (unpaired) electrons. The molecule has 7 nitrogen and oxygen atoms in total. The number of nitrogens with one attached hydrogen (secondary N) is 1. The number of ether oxygens (including phenoxy) is 2. The first-order valence-corrected chi connectivity index (χ1v) is 10.8. The Morgan fingerprint density at radius 3 is 2.44 bits per heavy atom. The van der Waals surface area contributed by atoms with Crippen molar-refractivity contribution >= 4 is 22.4 Å². The second-order valence-corrected chi connectivity index (χ2v) is 7.51. The van der Waals surface area contributed by atoms with Gasteiger partial charge in [-0.25, -0.2) is 0 Å². The van der Waals surface area contributed by atoms with E-state index < -0.39 is 0 Å². The van der Waals surface area contributed by atoms with Crippen LogP contribution in [-0.4, -0.2) is 22.7 Å². The van der Waals surface area contributed by atoms with Gasteiger partial charge in [0.25, 0.3) is 11.8 Å². The van der Waals surface area contributed by atoms with E-state index in [0.717, 1.165) is 10.8 Å². The predicted octanol–water partition coefficient (Wildman–Crippen LogP) is 5.49. The maximum Gasteiger partial charge on any atom is 0.262 e. The Morgan fingerprint density at radius 2 is 1.56 bits per heavy atom. The average molecular weight is 451 g/mol. The minimum Gasteiger partial charge on any atom is -0.485 e. The summed E-state index contributed by atoms with van der Waals surface area (Å²) >= 11 is 0. The van der Waals surface area contributed by atoms with Crippen LogP contribution in [0, 0.1) is 0 Å². The fourth-order valence-corrected chi connectivity index (χ4v) is 3.46. The Bertz CT molecular complexity index is 1420. The van der Waals surface area contributed by atoms with Gasteiger partial charge in [0.2, 0.25) is 5.82 Å². The van der Waals surface area contributed by atoms with Gasteiger partial charge in [0.15, 0.2) is 13.2 Å². The molecule has 168 valence electrons.